The topological polar surface area (TPSA) is 147 Å². The van der Waals surface area contributed by atoms with Crippen LogP contribution in [0.15, 0.2) is 35.6 Å². The fourth-order valence-electron chi connectivity index (χ4n) is 8.31. The molecule has 4 heterocycles. The normalized spacial score (nSPS) is 39.8. The Labute approximate surface area is 322 Å². The minimum atomic E-state index is -1.68. The highest BCUT2D eigenvalue weighted by Gasteiger charge is 2.52. The quantitative estimate of drug-likeness (QED) is 0.164. The third kappa shape index (κ3) is 9.96. The van der Waals surface area contributed by atoms with E-state index in [1.165, 1.54) is 6.92 Å². The van der Waals surface area contributed by atoms with E-state index in [-0.39, 0.29) is 50.1 Å². The van der Waals surface area contributed by atoms with Gasteiger partial charge in [0.05, 0.1) is 37.1 Å². The van der Waals surface area contributed by atoms with Gasteiger partial charge in [-0.3, -0.25) is 14.6 Å². The number of oxime groups is 1. The van der Waals surface area contributed by atoms with Crippen LogP contribution in [-0.4, -0.2) is 121 Å². The van der Waals surface area contributed by atoms with Crippen LogP contribution in [0, 0.1) is 30.6 Å². The van der Waals surface area contributed by atoms with Crippen molar-refractivity contribution in [3.63, 3.8) is 0 Å². The maximum atomic E-state index is 14.4. The first kappa shape index (κ1) is 43.9. The second-order valence-corrected chi connectivity index (χ2v) is 16.4. The molecule has 3 aliphatic rings. The standard InChI is InChI=1S/C41H65N3O10/c1-14-33-41(10,47)37-27(6)26(5)23(2)18-40(9,50-22-31(21-49-37)43-51-20-30-16-15-24(3)42-19-30)36(28(7)34(45)29(8)38(46)53-33)54-39-35(48-13)32(44(11)12)17-25(4)52-39/h15-16,19,23,25,27-29,32-33,35-37,39,47H,5,14,17-18,20-22H2,1-4,6-13H3/b43-31+/t23-,25-,27+,28+,29?,32+,33-,35-,36-,37-,39?,40-,41-/m1/s1. The molecule has 0 aromatic carbocycles. The molecule has 3 fully saturated rings. The zero-order valence-electron chi connectivity index (χ0n) is 34.5. The maximum absolute atomic E-state index is 14.4. The van der Waals surface area contributed by atoms with Crippen molar-refractivity contribution in [1.29, 1.82) is 0 Å². The van der Waals surface area contributed by atoms with E-state index < -0.39 is 65.6 Å². The summed E-state index contributed by atoms with van der Waals surface area (Å²) < 4.78 is 38.9. The molecule has 2 bridgehead atoms. The number of likely N-dealkylation sites (N-methyl/N-ethyl adjacent to an activating group) is 1. The molecule has 0 saturated carbocycles. The lowest BCUT2D eigenvalue weighted by Gasteiger charge is -2.48. The monoisotopic (exact) mass is 759 g/mol. The van der Waals surface area contributed by atoms with E-state index in [1.807, 2.05) is 67.8 Å². The number of esters is 1. The van der Waals surface area contributed by atoms with Crippen molar-refractivity contribution in [2.45, 2.75) is 142 Å². The molecule has 304 valence electrons. The predicted octanol–water partition coefficient (Wildman–Crippen LogP) is 5.05. The first-order valence-corrected chi connectivity index (χ1v) is 19.3. The highest BCUT2D eigenvalue weighted by Crippen LogP contribution is 2.42. The van der Waals surface area contributed by atoms with Gasteiger partial charge in [-0.1, -0.05) is 51.1 Å². The highest BCUT2D eigenvalue weighted by atomic mass is 16.7. The molecule has 1 N–H and O–H groups in total. The van der Waals surface area contributed by atoms with Crippen molar-refractivity contribution in [3.8, 4) is 0 Å². The number of carbonyl (C=O) groups excluding carboxylic acids is 2. The van der Waals surface area contributed by atoms with E-state index in [9.17, 15) is 14.7 Å². The number of Topliss-reactive ketones (excluding diaryl/α,β-unsaturated/α-hetero) is 1. The Morgan fingerprint density at radius 2 is 1.80 bits per heavy atom. The number of aliphatic hydroxyl groups is 1. The number of aromatic nitrogens is 1. The predicted molar refractivity (Wildman–Crippen MR) is 204 cm³/mol. The highest BCUT2D eigenvalue weighted by molar-refractivity contribution is 6.00. The second-order valence-electron chi connectivity index (χ2n) is 16.4. The van der Waals surface area contributed by atoms with Gasteiger partial charge in [0.15, 0.2) is 12.1 Å². The summed E-state index contributed by atoms with van der Waals surface area (Å²) in [4.78, 5) is 40.5. The van der Waals surface area contributed by atoms with E-state index >= 15 is 0 Å². The molecule has 1 aromatic heterocycles. The number of ether oxygens (including phenoxy) is 6. The summed E-state index contributed by atoms with van der Waals surface area (Å²) >= 11 is 0. The van der Waals surface area contributed by atoms with E-state index in [0.717, 1.165) is 23.3 Å². The van der Waals surface area contributed by atoms with Crippen LogP contribution in [0.1, 0.15) is 85.9 Å². The first-order valence-electron chi connectivity index (χ1n) is 19.3. The van der Waals surface area contributed by atoms with Gasteiger partial charge in [-0.25, -0.2) is 0 Å². The lowest BCUT2D eigenvalue weighted by atomic mass is 9.73. The van der Waals surface area contributed by atoms with Crippen molar-refractivity contribution in [2.75, 3.05) is 34.4 Å². The number of methoxy groups -OCH3 is 1. The summed E-state index contributed by atoms with van der Waals surface area (Å²) in [7, 11) is 5.61. The van der Waals surface area contributed by atoms with Crippen LogP contribution in [0.25, 0.3) is 0 Å². The Balaban J connectivity index is 1.87. The first-order chi connectivity index (χ1) is 25.3. The van der Waals surface area contributed by atoms with E-state index in [1.54, 1.807) is 27.2 Å². The Morgan fingerprint density at radius 1 is 1.09 bits per heavy atom. The smallest absolute Gasteiger partial charge is 0.316 e. The van der Waals surface area contributed by atoms with Crippen molar-refractivity contribution >= 4 is 17.5 Å². The average molecular weight is 760 g/mol. The van der Waals surface area contributed by atoms with Crippen molar-refractivity contribution < 1.29 is 48.0 Å². The molecular formula is C41H65N3O10. The minimum Gasteiger partial charge on any atom is -0.459 e. The van der Waals surface area contributed by atoms with Gasteiger partial charge >= 0.3 is 5.97 Å². The second kappa shape index (κ2) is 18.4. The van der Waals surface area contributed by atoms with E-state index in [4.69, 9.17) is 33.3 Å². The summed E-state index contributed by atoms with van der Waals surface area (Å²) in [6.45, 7) is 21.1. The molecule has 13 nitrogen and oxygen atoms in total. The number of hydrogen-bond donors (Lipinski definition) is 1. The lowest BCUT2D eigenvalue weighted by molar-refractivity contribution is -0.300. The molecule has 0 amide bonds. The van der Waals surface area contributed by atoms with Crippen LogP contribution in [-0.2, 0) is 49.5 Å². The van der Waals surface area contributed by atoms with Gasteiger partial charge in [0, 0.05) is 42.4 Å². The van der Waals surface area contributed by atoms with Crippen molar-refractivity contribution in [2.24, 2.45) is 28.8 Å². The zero-order chi connectivity index (χ0) is 40.1. The number of nitrogens with zero attached hydrogens (tertiary/aromatic N) is 3. The van der Waals surface area contributed by atoms with E-state index in [0.29, 0.717) is 12.1 Å². The summed E-state index contributed by atoms with van der Waals surface area (Å²) in [6, 6.07) is 3.79. The van der Waals surface area contributed by atoms with Crippen LogP contribution in [0.3, 0.4) is 0 Å². The molecule has 54 heavy (non-hydrogen) atoms. The lowest BCUT2D eigenvalue weighted by Crippen LogP contribution is -2.60. The van der Waals surface area contributed by atoms with Gasteiger partial charge < -0.3 is 43.3 Å². The van der Waals surface area contributed by atoms with Gasteiger partial charge in [-0.2, -0.15) is 0 Å². The molecule has 0 spiro atoms. The van der Waals surface area contributed by atoms with Crippen LogP contribution in [0.2, 0.25) is 0 Å². The maximum Gasteiger partial charge on any atom is 0.316 e. The summed E-state index contributed by atoms with van der Waals surface area (Å²) in [5, 5.41) is 16.7. The average Bonchev–Trinajstić information content (AvgIpc) is 3.14. The zero-order valence-corrected chi connectivity index (χ0v) is 34.5. The molecule has 13 atom stereocenters. The summed E-state index contributed by atoms with van der Waals surface area (Å²) in [6.07, 6.45) is -1.25. The molecule has 0 aliphatic carbocycles. The number of rotatable bonds is 8. The van der Waals surface area contributed by atoms with Gasteiger partial charge in [0.2, 0.25) is 0 Å². The molecule has 13 heteroatoms. The van der Waals surface area contributed by atoms with Crippen molar-refractivity contribution in [3.05, 3.63) is 41.7 Å². The molecular weight excluding hydrogens is 694 g/mol. The van der Waals surface area contributed by atoms with Crippen molar-refractivity contribution in [1.82, 2.24) is 9.88 Å². The minimum absolute atomic E-state index is 0.0320. The molecule has 3 saturated heterocycles. The number of carbonyl (C=O) groups is 2. The number of hydrogen-bond acceptors (Lipinski definition) is 13. The largest absolute Gasteiger partial charge is 0.459 e. The van der Waals surface area contributed by atoms with Crippen LogP contribution in [0.4, 0.5) is 0 Å². The third-order valence-electron chi connectivity index (χ3n) is 11.7. The van der Waals surface area contributed by atoms with Gasteiger partial charge in [-0.15, -0.1) is 0 Å². The van der Waals surface area contributed by atoms with Gasteiger partial charge in [0.25, 0.3) is 0 Å². The van der Waals surface area contributed by atoms with Crippen LogP contribution < -0.4 is 0 Å². The third-order valence-corrected chi connectivity index (χ3v) is 11.7. The van der Waals surface area contributed by atoms with Gasteiger partial charge in [-0.05, 0) is 80.0 Å². The molecule has 0 radical (unpaired) electrons. The van der Waals surface area contributed by atoms with E-state index in [2.05, 4.69) is 21.6 Å². The number of aryl methyl sites for hydroxylation is 1. The molecule has 1 aromatic rings. The fraction of sp³-hybridized carbons (Fsp3) is 0.756. The van der Waals surface area contributed by atoms with Crippen LogP contribution in [0.5, 0.6) is 0 Å². The number of ketones is 1. The Hall–Kier alpha value is -2.78. The Morgan fingerprint density at radius 3 is 2.41 bits per heavy atom. The number of pyridine rings is 1. The summed E-state index contributed by atoms with van der Waals surface area (Å²) in [5.41, 5.74) is 0.0643. The Bertz CT molecular complexity index is 1470. The molecule has 3 aliphatic heterocycles. The summed E-state index contributed by atoms with van der Waals surface area (Å²) in [5.74, 6) is -3.79. The SMILES string of the molecule is C=C1[C@H](C)C[C@@]2(C)OC/C(=N/OCc3ccc(C)nc3)CO[C@H]([C@H]1C)[C@](C)(O)[C@@H](CC)OC(=O)C(C)C(=O)[C@H](C)[C@H]2OC1O[C@H](C)C[C@H](N(C)C)[C@H]1OC. The number of cyclic esters (lactones) is 1. The molecule has 4 rings (SSSR count). The number of fused-ring (bicyclic) bond motifs is 5. The molecule has 2 unspecified atom stereocenters. The fourth-order valence-corrected chi connectivity index (χ4v) is 8.31. The van der Waals surface area contributed by atoms with Crippen LogP contribution >= 0.6 is 0 Å². The van der Waals surface area contributed by atoms with Gasteiger partial charge in [0.1, 0.15) is 36.0 Å². The Kier molecular flexibility index (Phi) is 15.0.